The highest BCUT2D eigenvalue weighted by Crippen LogP contribution is 2.49. The highest BCUT2D eigenvalue weighted by molar-refractivity contribution is 7.91. The van der Waals surface area contributed by atoms with E-state index in [1.165, 1.54) is 0 Å². The zero-order chi connectivity index (χ0) is 15.3. The average molecular weight is 312 g/mol. The van der Waals surface area contributed by atoms with Crippen LogP contribution in [0.2, 0.25) is 0 Å². The Morgan fingerprint density at radius 2 is 1.90 bits per heavy atom. The molecule has 0 amide bonds. The Hall–Kier alpha value is -1.56. The topological polar surface area (TPSA) is 80.7 Å². The first-order valence-electron chi connectivity index (χ1n) is 7.01. The molecule has 0 unspecified atom stereocenters. The van der Waals surface area contributed by atoms with Crippen LogP contribution in [0.3, 0.4) is 0 Å². The molecule has 0 heterocycles. The van der Waals surface area contributed by atoms with Gasteiger partial charge in [0.25, 0.3) is 0 Å². The lowest BCUT2D eigenvalue weighted by molar-refractivity contribution is -0.138. The molecular formula is C15H20O5S. The molecule has 6 heteroatoms. The number of hydrogen-bond donors (Lipinski definition) is 1. The molecule has 1 aromatic carbocycles. The van der Waals surface area contributed by atoms with E-state index in [2.05, 4.69) is 0 Å². The van der Waals surface area contributed by atoms with Crippen molar-refractivity contribution in [2.24, 2.45) is 5.41 Å². The number of carboxylic acid groups (broad SMARTS) is 1. The molecule has 116 valence electrons. The van der Waals surface area contributed by atoms with E-state index in [9.17, 15) is 13.2 Å². The van der Waals surface area contributed by atoms with Crippen LogP contribution < -0.4 is 4.74 Å². The maximum absolute atomic E-state index is 12.0. The quantitative estimate of drug-likeness (QED) is 0.706. The van der Waals surface area contributed by atoms with Crippen molar-refractivity contribution in [3.8, 4) is 5.75 Å². The second kappa shape index (κ2) is 6.47. The molecule has 1 fully saturated rings. The summed E-state index contributed by atoms with van der Waals surface area (Å²) >= 11 is 0. The van der Waals surface area contributed by atoms with Gasteiger partial charge in [-0.05, 0) is 36.8 Å². The molecule has 1 aliphatic rings. The van der Waals surface area contributed by atoms with Crippen molar-refractivity contribution in [3.05, 3.63) is 30.3 Å². The molecule has 0 atom stereocenters. The summed E-state index contributed by atoms with van der Waals surface area (Å²) in [6.45, 7) is 0.342. The van der Waals surface area contributed by atoms with Crippen molar-refractivity contribution in [1.29, 1.82) is 0 Å². The Morgan fingerprint density at radius 1 is 1.24 bits per heavy atom. The first-order chi connectivity index (χ1) is 9.91. The summed E-state index contributed by atoms with van der Waals surface area (Å²) in [5.41, 5.74) is -0.509. The lowest BCUT2D eigenvalue weighted by Crippen LogP contribution is -2.23. The first-order valence-corrected chi connectivity index (χ1v) is 8.83. The van der Waals surface area contributed by atoms with E-state index < -0.39 is 21.2 Å². The van der Waals surface area contributed by atoms with E-state index in [-0.39, 0.29) is 17.9 Å². The van der Waals surface area contributed by atoms with Gasteiger partial charge in [0.2, 0.25) is 0 Å². The minimum absolute atomic E-state index is 0.0162. The van der Waals surface area contributed by atoms with Crippen LogP contribution >= 0.6 is 0 Å². The molecule has 5 nitrogen and oxygen atoms in total. The molecule has 1 N–H and O–H groups in total. The minimum Gasteiger partial charge on any atom is -0.494 e. The summed E-state index contributed by atoms with van der Waals surface area (Å²) in [6, 6.07) is 9.24. The Balaban J connectivity index is 1.73. The molecule has 0 spiro atoms. The summed E-state index contributed by atoms with van der Waals surface area (Å²) in [7, 11) is -3.22. The van der Waals surface area contributed by atoms with Gasteiger partial charge in [0, 0.05) is 0 Å². The van der Waals surface area contributed by atoms with E-state index in [1.54, 1.807) is 0 Å². The van der Waals surface area contributed by atoms with Gasteiger partial charge in [-0.15, -0.1) is 0 Å². The summed E-state index contributed by atoms with van der Waals surface area (Å²) in [5, 5.41) is 8.81. The van der Waals surface area contributed by atoms with E-state index in [1.807, 2.05) is 30.3 Å². The molecule has 2 rings (SSSR count). The van der Waals surface area contributed by atoms with Gasteiger partial charge in [-0.25, -0.2) is 8.42 Å². The van der Waals surface area contributed by atoms with E-state index in [0.29, 0.717) is 25.9 Å². The summed E-state index contributed by atoms with van der Waals surface area (Å²) in [6.07, 6.45) is 1.76. The van der Waals surface area contributed by atoms with Crippen LogP contribution in [-0.2, 0) is 14.6 Å². The van der Waals surface area contributed by atoms with Gasteiger partial charge in [0.1, 0.15) is 5.75 Å². The van der Waals surface area contributed by atoms with Crippen molar-refractivity contribution in [2.75, 3.05) is 18.1 Å². The monoisotopic (exact) mass is 312 g/mol. The number of aliphatic carboxylic acids is 1. The lowest BCUT2D eigenvalue weighted by atomic mass is 10.1. The SMILES string of the molecule is O=C(O)CC1(CS(=O)(=O)CCCOc2ccccc2)CC1. The van der Waals surface area contributed by atoms with Crippen molar-refractivity contribution in [3.63, 3.8) is 0 Å². The highest BCUT2D eigenvalue weighted by Gasteiger charge is 2.47. The van der Waals surface area contributed by atoms with Gasteiger partial charge >= 0.3 is 5.97 Å². The van der Waals surface area contributed by atoms with Gasteiger partial charge in [0.15, 0.2) is 9.84 Å². The maximum atomic E-state index is 12.0. The molecule has 1 aromatic rings. The Kier molecular flexibility index (Phi) is 4.88. The summed E-state index contributed by atoms with van der Waals surface area (Å²) in [4.78, 5) is 10.7. The number of para-hydroxylation sites is 1. The van der Waals surface area contributed by atoms with Crippen LogP contribution in [0.5, 0.6) is 5.75 Å². The fourth-order valence-corrected chi connectivity index (χ4v) is 4.42. The number of rotatable bonds is 9. The predicted octanol–water partition coefficient (Wildman–Crippen LogP) is 2.13. The molecule has 1 saturated carbocycles. The smallest absolute Gasteiger partial charge is 0.303 e. The van der Waals surface area contributed by atoms with Crippen molar-refractivity contribution in [2.45, 2.75) is 25.7 Å². The third kappa shape index (κ3) is 5.38. The van der Waals surface area contributed by atoms with Gasteiger partial charge < -0.3 is 9.84 Å². The molecule has 0 radical (unpaired) electrons. The molecule has 0 aliphatic heterocycles. The molecular weight excluding hydrogens is 292 g/mol. The Bertz CT molecular complexity index is 575. The second-order valence-electron chi connectivity index (χ2n) is 5.68. The largest absolute Gasteiger partial charge is 0.494 e. The Labute approximate surface area is 124 Å². The van der Waals surface area contributed by atoms with Gasteiger partial charge in [-0.3, -0.25) is 4.79 Å². The van der Waals surface area contributed by atoms with Crippen LogP contribution in [0, 0.1) is 5.41 Å². The first kappa shape index (κ1) is 15.8. The molecule has 1 aliphatic carbocycles. The molecule has 0 saturated heterocycles. The van der Waals surface area contributed by atoms with E-state index >= 15 is 0 Å². The maximum Gasteiger partial charge on any atom is 0.303 e. The van der Waals surface area contributed by atoms with Gasteiger partial charge in [-0.1, -0.05) is 18.2 Å². The highest BCUT2D eigenvalue weighted by atomic mass is 32.2. The van der Waals surface area contributed by atoms with Crippen LogP contribution in [-0.4, -0.2) is 37.6 Å². The van der Waals surface area contributed by atoms with Crippen molar-refractivity contribution >= 4 is 15.8 Å². The standard InChI is InChI=1S/C15H20O5S/c16-14(17)11-15(7-8-15)12-21(18,19)10-4-9-20-13-5-2-1-3-6-13/h1-3,5-6H,4,7-12H2,(H,16,17). The molecule has 21 heavy (non-hydrogen) atoms. The Morgan fingerprint density at radius 3 is 2.48 bits per heavy atom. The number of carbonyl (C=O) groups is 1. The normalized spacial score (nSPS) is 16.4. The number of sulfone groups is 1. The molecule has 0 aromatic heterocycles. The third-order valence-electron chi connectivity index (χ3n) is 3.62. The van der Waals surface area contributed by atoms with Crippen molar-refractivity contribution in [1.82, 2.24) is 0 Å². The zero-order valence-electron chi connectivity index (χ0n) is 11.8. The van der Waals surface area contributed by atoms with E-state index in [0.717, 1.165) is 5.75 Å². The number of carboxylic acids is 1. The van der Waals surface area contributed by atoms with Gasteiger partial charge in [0.05, 0.1) is 24.5 Å². The van der Waals surface area contributed by atoms with Crippen LogP contribution in [0.25, 0.3) is 0 Å². The number of benzene rings is 1. The number of hydrogen-bond acceptors (Lipinski definition) is 4. The fourth-order valence-electron chi connectivity index (χ4n) is 2.39. The summed E-state index contributed by atoms with van der Waals surface area (Å²) in [5.74, 6) is -0.173. The van der Waals surface area contributed by atoms with Crippen LogP contribution in [0.1, 0.15) is 25.7 Å². The third-order valence-corrected chi connectivity index (χ3v) is 5.58. The van der Waals surface area contributed by atoms with E-state index in [4.69, 9.17) is 9.84 Å². The van der Waals surface area contributed by atoms with Crippen LogP contribution in [0.15, 0.2) is 30.3 Å². The minimum atomic E-state index is -3.22. The van der Waals surface area contributed by atoms with Crippen LogP contribution in [0.4, 0.5) is 0 Å². The molecule has 0 bridgehead atoms. The number of ether oxygens (including phenoxy) is 1. The zero-order valence-corrected chi connectivity index (χ0v) is 12.6. The predicted molar refractivity (Wildman–Crippen MR) is 79.1 cm³/mol. The lowest BCUT2D eigenvalue weighted by Gasteiger charge is -2.13. The average Bonchev–Trinajstić information content (AvgIpc) is 3.13. The van der Waals surface area contributed by atoms with Gasteiger partial charge in [-0.2, -0.15) is 0 Å². The second-order valence-corrected chi connectivity index (χ2v) is 7.86. The van der Waals surface area contributed by atoms with Crippen molar-refractivity contribution < 1.29 is 23.1 Å². The summed E-state index contributed by atoms with van der Waals surface area (Å²) < 4.78 is 29.5. The fraction of sp³-hybridized carbons (Fsp3) is 0.533.